The molecule has 2 aromatic rings. The van der Waals surface area contributed by atoms with Crippen LogP contribution in [0, 0.1) is 6.92 Å². The van der Waals surface area contributed by atoms with Crippen molar-refractivity contribution in [3.63, 3.8) is 0 Å². The van der Waals surface area contributed by atoms with Crippen molar-refractivity contribution in [2.45, 2.75) is 26.8 Å². The summed E-state index contributed by atoms with van der Waals surface area (Å²) in [6.07, 6.45) is 3.31. The largest absolute Gasteiger partial charge is 0.383 e. The van der Waals surface area contributed by atoms with Gasteiger partial charge in [-0.2, -0.15) is 0 Å². The molecule has 2 rings (SSSR count). The van der Waals surface area contributed by atoms with Gasteiger partial charge < -0.3 is 10.6 Å². The zero-order valence-electron chi connectivity index (χ0n) is 12.7. The Morgan fingerprint density at radius 1 is 1.29 bits per heavy atom. The van der Waals surface area contributed by atoms with Gasteiger partial charge in [0.05, 0.1) is 23.5 Å². The van der Waals surface area contributed by atoms with E-state index < -0.39 is 0 Å². The van der Waals surface area contributed by atoms with E-state index in [-0.39, 0.29) is 11.9 Å². The van der Waals surface area contributed by atoms with E-state index in [0.717, 1.165) is 17.8 Å². The molecule has 110 valence electrons. The van der Waals surface area contributed by atoms with E-state index in [1.807, 2.05) is 32.0 Å². The molecule has 1 aromatic carbocycles. The lowest BCUT2D eigenvalue weighted by atomic mass is 10.0. The number of carbonyl (C=O) groups is 1. The maximum Gasteiger partial charge on any atom is 0.253 e. The predicted molar refractivity (Wildman–Crippen MR) is 85.5 cm³/mol. The molecule has 0 aliphatic carbocycles. The average Bonchev–Trinajstić information content (AvgIpc) is 2.48. The zero-order valence-corrected chi connectivity index (χ0v) is 12.7. The Morgan fingerprint density at radius 2 is 2.05 bits per heavy atom. The maximum atomic E-state index is 12.5. The topological polar surface area (TPSA) is 54.0 Å². The van der Waals surface area contributed by atoms with Crippen molar-refractivity contribution >= 4 is 11.6 Å². The van der Waals surface area contributed by atoms with Gasteiger partial charge in [0.25, 0.3) is 5.91 Å². The van der Waals surface area contributed by atoms with Crippen LogP contribution in [0.3, 0.4) is 0 Å². The van der Waals surface area contributed by atoms with Crippen LogP contribution < -0.4 is 10.6 Å². The molecular weight excluding hydrogens is 262 g/mol. The number of nitrogens with zero attached hydrogens (tertiary/aromatic N) is 1. The number of amides is 1. The van der Waals surface area contributed by atoms with Crippen molar-refractivity contribution < 1.29 is 4.79 Å². The fourth-order valence-corrected chi connectivity index (χ4v) is 2.35. The Balaban J connectivity index is 2.17. The zero-order chi connectivity index (χ0) is 15.2. The molecule has 0 radical (unpaired) electrons. The van der Waals surface area contributed by atoms with E-state index in [1.54, 1.807) is 18.5 Å². The first-order valence-corrected chi connectivity index (χ1v) is 7.17. The number of benzene rings is 1. The van der Waals surface area contributed by atoms with Crippen LogP contribution in [0.5, 0.6) is 0 Å². The van der Waals surface area contributed by atoms with Crippen LogP contribution in [0.25, 0.3) is 0 Å². The molecule has 1 unspecified atom stereocenters. The second-order valence-electron chi connectivity index (χ2n) is 5.00. The lowest BCUT2D eigenvalue weighted by Gasteiger charge is -2.18. The van der Waals surface area contributed by atoms with Crippen molar-refractivity contribution in [1.29, 1.82) is 0 Å². The smallest absolute Gasteiger partial charge is 0.253 e. The van der Waals surface area contributed by atoms with E-state index in [9.17, 15) is 4.79 Å². The van der Waals surface area contributed by atoms with E-state index in [0.29, 0.717) is 5.56 Å². The van der Waals surface area contributed by atoms with Crippen molar-refractivity contribution in [1.82, 2.24) is 10.3 Å². The number of pyridine rings is 1. The predicted octanol–water partition coefficient (Wildman–Crippen LogP) is 3.31. The highest BCUT2D eigenvalue weighted by Gasteiger charge is 2.15. The molecule has 0 aliphatic heterocycles. The summed E-state index contributed by atoms with van der Waals surface area (Å²) < 4.78 is 0. The quantitative estimate of drug-likeness (QED) is 0.885. The van der Waals surface area contributed by atoms with Gasteiger partial charge in [-0.25, -0.2) is 0 Å². The summed E-state index contributed by atoms with van der Waals surface area (Å²) in [5.41, 5.74) is 3.68. The molecule has 0 aliphatic rings. The number of carbonyl (C=O) groups excluding carboxylic acids is 1. The minimum Gasteiger partial charge on any atom is -0.383 e. The molecular formula is C17H21N3O. The minimum atomic E-state index is -0.0934. The van der Waals surface area contributed by atoms with Crippen LogP contribution in [0.4, 0.5) is 5.69 Å². The first-order valence-electron chi connectivity index (χ1n) is 7.17. The van der Waals surface area contributed by atoms with E-state index in [4.69, 9.17) is 0 Å². The van der Waals surface area contributed by atoms with Gasteiger partial charge in [-0.3, -0.25) is 9.78 Å². The Labute approximate surface area is 125 Å². The Morgan fingerprint density at radius 3 is 2.76 bits per heavy atom. The summed E-state index contributed by atoms with van der Waals surface area (Å²) in [6, 6.07) is 9.77. The molecule has 1 atom stereocenters. The summed E-state index contributed by atoms with van der Waals surface area (Å²) in [5, 5.41) is 6.20. The van der Waals surface area contributed by atoms with Crippen LogP contribution in [0.15, 0.2) is 42.7 Å². The molecule has 21 heavy (non-hydrogen) atoms. The van der Waals surface area contributed by atoms with Crippen molar-refractivity contribution in [2.75, 3.05) is 11.9 Å². The third kappa shape index (κ3) is 3.60. The summed E-state index contributed by atoms with van der Waals surface area (Å²) >= 11 is 0. The molecule has 2 N–H and O–H groups in total. The summed E-state index contributed by atoms with van der Waals surface area (Å²) in [6.45, 7) is 6.78. The molecule has 0 bridgehead atoms. The monoisotopic (exact) mass is 283 g/mol. The van der Waals surface area contributed by atoms with Gasteiger partial charge in [0.1, 0.15) is 0 Å². The van der Waals surface area contributed by atoms with Gasteiger partial charge in [-0.15, -0.1) is 0 Å². The normalized spacial score (nSPS) is 11.8. The van der Waals surface area contributed by atoms with Gasteiger partial charge >= 0.3 is 0 Å². The van der Waals surface area contributed by atoms with Crippen LogP contribution in [0.1, 0.15) is 41.4 Å². The summed E-state index contributed by atoms with van der Waals surface area (Å²) in [7, 11) is 0. The highest BCUT2D eigenvalue weighted by molar-refractivity contribution is 5.99. The third-order valence-electron chi connectivity index (χ3n) is 3.44. The molecule has 4 nitrogen and oxygen atoms in total. The Kier molecular flexibility index (Phi) is 4.93. The first kappa shape index (κ1) is 15.0. The molecule has 1 aromatic heterocycles. The van der Waals surface area contributed by atoms with Gasteiger partial charge in [-0.1, -0.05) is 24.3 Å². The third-order valence-corrected chi connectivity index (χ3v) is 3.44. The fourth-order valence-electron chi connectivity index (χ4n) is 2.35. The SMILES string of the molecule is CCNc1cnccc1C(=O)NC(C)c1ccccc1C. The molecule has 0 saturated carbocycles. The number of anilines is 1. The van der Waals surface area contributed by atoms with Crippen LogP contribution in [-0.4, -0.2) is 17.4 Å². The number of rotatable bonds is 5. The maximum absolute atomic E-state index is 12.5. The second kappa shape index (κ2) is 6.88. The standard InChI is InChI=1S/C17H21N3O/c1-4-19-16-11-18-10-9-15(16)17(21)20-13(3)14-8-6-5-7-12(14)2/h5-11,13,19H,4H2,1-3H3,(H,20,21). The number of hydrogen-bond acceptors (Lipinski definition) is 3. The number of hydrogen-bond donors (Lipinski definition) is 2. The lowest BCUT2D eigenvalue weighted by Crippen LogP contribution is -2.28. The van der Waals surface area contributed by atoms with E-state index >= 15 is 0 Å². The van der Waals surface area contributed by atoms with Gasteiger partial charge in [0, 0.05) is 12.7 Å². The molecule has 0 fully saturated rings. The lowest BCUT2D eigenvalue weighted by molar-refractivity contribution is 0.0940. The van der Waals surface area contributed by atoms with Gasteiger partial charge in [-0.05, 0) is 38.0 Å². The fraction of sp³-hybridized carbons (Fsp3) is 0.294. The molecule has 1 amide bonds. The first-order chi connectivity index (χ1) is 10.1. The minimum absolute atomic E-state index is 0.0404. The van der Waals surface area contributed by atoms with Crippen LogP contribution >= 0.6 is 0 Å². The Hall–Kier alpha value is -2.36. The number of nitrogens with one attached hydrogen (secondary N) is 2. The second-order valence-corrected chi connectivity index (χ2v) is 5.00. The van der Waals surface area contributed by atoms with Crippen LogP contribution in [-0.2, 0) is 0 Å². The number of aromatic nitrogens is 1. The molecule has 4 heteroatoms. The van der Waals surface area contributed by atoms with Crippen molar-refractivity contribution in [2.24, 2.45) is 0 Å². The van der Waals surface area contributed by atoms with Gasteiger partial charge in [0.2, 0.25) is 0 Å². The molecule has 0 spiro atoms. The van der Waals surface area contributed by atoms with E-state index in [1.165, 1.54) is 5.56 Å². The van der Waals surface area contributed by atoms with Gasteiger partial charge in [0.15, 0.2) is 0 Å². The Bertz CT molecular complexity index is 625. The number of aryl methyl sites for hydroxylation is 1. The van der Waals surface area contributed by atoms with Crippen molar-refractivity contribution in [3.8, 4) is 0 Å². The molecule has 0 saturated heterocycles. The van der Waals surface area contributed by atoms with Crippen molar-refractivity contribution in [3.05, 3.63) is 59.4 Å². The van der Waals surface area contributed by atoms with Crippen LogP contribution in [0.2, 0.25) is 0 Å². The van der Waals surface area contributed by atoms with E-state index in [2.05, 4.69) is 28.6 Å². The highest BCUT2D eigenvalue weighted by Crippen LogP contribution is 2.19. The highest BCUT2D eigenvalue weighted by atomic mass is 16.1. The summed E-state index contributed by atoms with van der Waals surface area (Å²) in [4.78, 5) is 16.5. The molecule has 1 heterocycles. The average molecular weight is 283 g/mol. The summed E-state index contributed by atoms with van der Waals surface area (Å²) in [5.74, 6) is -0.0934.